The number of carbonyl (C=O) groups excluding carboxylic acids is 4. The number of nitrogens with one attached hydrogen (secondary N) is 1. The normalized spacial score (nSPS) is 25.5. The smallest absolute Gasteiger partial charge is 0.412 e. The van der Waals surface area contributed by atoms with E-state index in [1.54, 1.807) is 6.07 Å². The lowest BCUT2D eigenvalue weighted by molar-refractivity contribution is -0.159. The molecule has 0 aromatic heterocycles. The second-order valence-corrected chi connectivity index (χ2v) is 10.5. The Labute approximate surface area is 233 Å². The van der Waals surface area contributed by atoms with Crippen LogP contribution in [0.5, 0.6) is 5.75 Å². The van der Waals surface area contributed by atoms with Gasteiger partial charge in [0.05, 0.1) is 11.3 Å². The number of hydrogen-bond acceptors (Lipinski definition) is 11. The molecule has 2 aromatic rings. The number of amides is 2. The van der Waals surface area contributed by atoms with Crippen molar-refractivity contribution >= 4 is 56.6 Å². The lowest BCUT2D eigenvalue weighted by Gasteiger charge is -2.49. The summed E-state index contributed by atoms with van der Waals surface area (Å²) in [6.07, 6.45) is -3.52. The second kappa shape index (κ2) is 9.57. The number of aliphatic hydroxyl groups is 3. The first-order valence-electron chi connectivity index (χ1n) is 11.8. The number of aromatic hydroxyl groups is 1. The molecule has 13 nitrogen and oxygen atoms in total. The number of nitrogens with two attached hydrogens (primary N) is 1. The predicted molar refractivity (Wildman–Crippen MR) is 140 cm³/mol. The lowest BCUT2D eigenvalue weighted by Crippen LogP contribution is -2.64. The number of phenols is 1. The number of phenolic OH excluding ortho intramolecular Hbond substituents is 1. The zero-order valence-corrected chi connectivity index (χ0v) is 21.8. The number of primary amides is 1. The number of benzene rings is 2. The molecule has 14 heteroatoms. The van der Waals surface area contributed by atoms with Gasteiger partial charge in [-0.1, -0.05) is 28.1 Å². The van der Waals surface area contributed by atoms with Crippen LogP contribution in [0, 0.1) is 16.7 Å². The molecule has 5 rings (SSSR count). The fraction of sp³-hybridized carbons (Fsp3) is 0.231. The summed E-state index contributed by atoms with van der Waals surface area (Å²) < 4.78 is 6.14. The Balaban J connectivity index is 1.65. The molecule has 2 amide bonds. The van der Waals surface area contributed by atoms with Gasteiger partial charge in [0.1, 0.15) is 34.6 Å². The Morgan fingerprint density at radius 2 is 1.85 bits per heavy atom. The van der Waals surface area contributed by atoms with E-state index in [4.69, 9.17) is 10.5 Å². The largest absolute Gasteiger partial charge is 0.508 e. The Bertz CT molecular complexity index is 1600. The molecule has 0 radical (unpaired) electrons. The van der Waals surface area contributed by atoms with Crippen molar-refractivity contribution in [3.05, 3.63) is 73.8 Å². The maximum Gasteiger partial charge on any atom is 0.412 e. The minimum Gasteiger partial charge on any atom is -0.508 e. The van der Waals surface area contributed by atoms with Crippen LogP contribution in [0.3, 0.4) is 0 Å². The average Bonchev–Trinajstić information content (AvgIpc) is 2.89. The third-order valence-electron chi connectivity index (χ3n) is 7.42. The highest BCUT2D eigenvalue weighted by molar-refractivity contribution is 9.10. The Kier molecular flexibility index (Phi) is 6.46. The van der Waals surface area contributed by atoms with E-state index in [0.29, 0.717) is 10.0 Å². The van der Waals surface area contributed by atoms with E-state index in [1.807, 2.05) is 0 Å². The third kappa shape index (κ3) is 3.95. The van der Waals surface area contributed by atoms with Gasteiger partial charge in [-0.15, -0.1) is 4.91 Å². The molecule has 1 saturated carbocycles. The first kappa shape index (κ1) is 27.0. The summed E-state index contributed by atoms with van der Waals surface area (Å²) in [5.74, 6) is -8.83. The Morgan fingerprint density at radius 3 is 2.52 bits per heavy atom. The fourth-order valence-corrected chi connectivity index (χ4v) is 6.02. The van der Waals surface area contributed by atoms with Crippen molar-refractivity contribution in [3.8, 4) is 5.75 Å². The zero-order chi connectivity index (χ0) is 29.1. The number of hydrogen-bond donors (Lipinski definition) is 6. The fourth-order valence-electron chi connectivity index (χ4n) is 5.67. The van der Waals surface area contributed by atoms with Crippen molar-refractivity contribution in [2.75, 3.05) is 5.32 Å². The van der Waals surface area contributed by atoms with Gasteiger partial charge in [0, 0.05) is 28.3 Å². The van der Waals surface area contributed by atoms with Crippen LogP contribution in [-0.2, 0) is 25.5 Å². The summed E-state index contributed by atoms with van der Waals surface area (Å²) in [4.78, 5) is 62.8. The number of aliphatic hydroxyl groups excluding tert-OH is 2. The number of rotatable bonds is 4. The van der Waals surface area contributed by atoms with Crippen LogP contribution < -0.4 is 11.1 Å². The van der Waals surface area contributed by atoms with Crippen molar-refractivity contribution in [1.82, 2.24) is 0 Å². The van der Waals surface area contributed by atoms with Crippen LogP contribution in [0.25, 0.3) is 5.76 Å². The molecule has 3 aliphatic carbocycles. The molecular formula is C26H20BrN3O10. The SMILES string of the molecule is NC(=O)C1=C(O)[C@@]2(O)C(=O)C3=C(O)c4c(O)cccc4C[C@H]3[C@H](OC(=O)Nc3ccc(Br)cc3N=O)[C@H]2CC1=O. The molecule has 4 atom stereocenters. The van der Waals surface area contributed by atoms with Crippen molar-refractivity contribution < 1.29 is 44.3 Å². The summed E-state index contributed by atoms with van der Waals surface area (Å²) in [7, 11) is 0. The number of anilines is 1. The average molecular weight is 614 g/mol. The molecule has 40 heavy (non-hydrogen) atoms. The highest BCUT2D eigenvalue weighted by Crippen LogP contribution is 2.53. The van der Waals surface area contributed by atoms with Gasteiger partial charge >= 0.3 is 6.09 Å². The minimum absolute atomic E-state index is 0.0404. The summed E-state index contributed by atoms with van der Waals surface area (Å²) in [6.45, 7) is 0. The van der Waals surface area contributed by atoms with Gasteiger partial charge in [0.25, 0.3) is 5.91 Å². The molecule has 0 bridgehead atoms. The van der Waals surface area contributed by atoms with Gasteiger partial charge in [-0.2, -0.15) is 0 Å². The van der Waals surface area contributed by atoms with Crippen LogP contribution in [0.15, 0.2) is 63.0 Å². The Morgan fingerprint density at radius 1 is 1.12 bits per heavy atom. The molecule has 0 spiro atoms. The van der Waals surface area contributed by atoms with E-state index in [-0.39, 0.29) is 29.1 Å². The van der Waals surface area contributed by atoms with E-state index in [9.17, 15) is 44.5 Å². The van der Waals surface area contributed by atoms with Crippen LogP contribution in [0.2, 0.25) is 0 Å². The van der Waals surface area contributed by atoms with Crippen molar-refractivity contribution in [3.63, 3.8) is 0 Å². The van der Waals surface area contributed by atoms with Crippen molar-refractivity contribution in [2.45, 2.75) is 24.5 Å². The number of Topliss-reactive ketones (excluding diaryl/α,β-unsaturated/α-hetero) is 2. The summed E-state index contributed by atoms with van der Waals surface area (Å²) in [5.41, 5.74) is 0.832. The topological polar surface area (TPSA) is 226 Å². The Hall–Kier alpha value is -4.56. The van der Waals surface area contributed by atoms with E-state index in [0.717, 1.165) is 0 Å². The van der Waals surface area contributed by atoms with Gasteiger partial charge in [-0.3, -0.25) is 19.7 Å². The van der Waals surface area contributed by atoms with Crippen molar-refractivity contribution in [2.24, 2.45) is 22.7 Å². The van der Waals surface area contributed by atoms with Crippen LogP contribution in [0.4, 0.5) is 16.2 Å². The minimum atomic E-state index is -2.99. The maximum absolute atomic E-state index is 13.8. The molecule has 7 N–H and O–H groups in total. The number of ether oxygens (including phenoxy) is 1. The van der Waals surface area contributed by atoms with E-state index in [2.05, 4.69) is 26.4 Å². The van der Waals surface area contributed by atoms with Crippen LogP contribution in [0.1, 0.15) is 17.5 Å². The van der Waals surface area contributed by atoms with Crippen LogP contribution in [-0.4, -0.2) is 55.7 Å². The quantitative estimate of drug-likeness (QED) is 0.218. The van der Waals surface area contributed by atoms with Gasteiger partial charge in [0.2, 0.25) is 5.78 Å². The molecule has 0 unspecified atom stereocenters. The van der Waals surface area contributed by atoms with E-state index < -0.39 is 76.2 Å². The van der Waals surface area contributed by atoms with Gasteiger partial charge in [-0.25, -0.2) is 4.79 Å². The molecule has 2 aromatic carbocycles. The van der Waals surface area contributed by atoms with E-state index in [1.165, 1.54) is 30.3 Å². The summed E-state index contributed by atoms with van der Waals surface area (Å²) >= 11 is 3.18. The molecule has 0 heterocycles. The molecule has 206 valence electrons. The number of ketones is 2. The van der Waals surface area contributed by atoms with Gasteiger partial charge in [0.15, 0.2) is 11.4 Å². The number of nitroso groups, excluding NO2 is 1. The first-order valence-corrected chi connectivity index (χ1v) is 12.6. The first-order chi connectivity index (χ1) is 18.9. The van der Waals surface area contributed by atoms with Gasteiger partial charge < -0.3 is 30.9 Å². The molecule has 3 aliphatic rings. The second-order valence-electron chi connectivity index (χ2n) is 9.55. The summed E-state index contributed by atoms with van der Waals surface area (Å²) in [6, 6.07) is 8.52. The maximum atomic E-state index is 13.8. The zero-order valence-electron chi connectivity index (χ0n) is 20.3. The predicted octanol–water partition coefficient (Wildman–Crippen LogP) is 2.81. The number of halogens is 1. The molecule has 0 aliphatic heterocycles. The molecule has 1 fully saturated rings. The lowest BCUT2D eigenvalue weighted by atomic mass is 9.57. The van der Waals surface area contributed by atoms with Crippen LogP contribution >= 0.6 is 15.9 Å². The number of fused-ring (bicyclic) bond motifs is 3. The number of carbonyl (C=O) groups is 4. The molecular weight excluding hydrogens is 594 g/mol. The highest BCUT2D eigenvalue weighted by atomic mass is 79.9. The summed E-state index contributed by atoms with van der Waals surface area (Å²) in [5, 5.41) is 49.2. The monoisotopic (exact) mass is 613 g/mol. The van der Waals surface area contributed by atoms with Gasteiger partial charge in [-0.05, 0) is 41.4 Å². The standard InChI is InChI=1S/C26H20BrN3O10/c27-10-4-5-13(14(7-10)30-39)29-25(37)40-21-11-6-9-2-1-3-15(31)17(9)20(33)18(11)22(34)26(38)12(21)8-16(32)19(23(26)35)24(28)36/h1-5,7,11-12,21,31,33,35,38H,6,8H2,(H2,28,36)(H,29,37)/t11-,12-,21+,26+/m1/s1. The molecule has 0 saturated heterocycles. The van der Waals surface area contributed by atoms with Crippen molar-refractivity contribution in [1.29, 1.82) is 0 Å². The number of nitrogens with zero attached hydrogens (tertiary/aromatic N) is 1. The third-order valence-corrected chi connectivity index (χ3v) is 7.91. The van der Waals surface area contributed by atoms with E-state index >= 15 is 0 Å². The highest BCUT2D eigenvalue weighted by Gasteiger charge is 2.65.